The minimum atomic E-state index is -0.470. The maximum absolute atomic E-state index is 13.3. The number of hydrogen-bond acceptors (Lipinski definition) is 3. The number of rotatable bonds is 3. The van der Waals surface area contributed by atoms with Crippen LogP contribution in [0.3, 0.4) is 0 Å². The standard InChI is InChI=1S/C17H12ClFN2O2/c1-10-2-7-13(19)8-14(10)20-17(22)15-9-16(23-21-15)11-3-5-12(18)6-4-11/h2-9H,1H3,(H,20,22). The maximum atomic E-state index is 13.3. The highest BCUT2D eigenvalue weighted by atomic mass is 35.5. The number of nitrogens with zero attached hydrogens (tertiary/aromatic N) is 1. The summed E-state index contributed by atoms with van der Waals surface area (Å²) in [6.45, 7) is 1.77. The Morgan fingerprint density at radius 1 is 1.17 bits per heavy atom. The predicted molar refractivity (Wildman–Crippen MR) is 86.0 cm³/mol. The van der Waals surface area contributed by atoms with Gasteiger partial charge in [-0.2, -0.15) is 0 Å². The van der Waals surface area contributed by atoms with Gasteiger partial charge < -0.3 is 9.84 Å². The van der Waals surface area contributed by atoms with Crippen LogP contribution >= 0.6 is 11.6 Å². The van der Waals surface area contributed by atoms with Crippen LogP contribution in [0.4, 0.5) is 10.1 Å². The van der Waals surface area contributed by atoms with E-state index in [0.717, 1.165) is 11.1 Å². The first-order valence-corrected chi connectivity index (χ1v) is 7.21. The zero-order chi connectivity index (χ0) is 16.4. The molecular formula is C17H12ClFN2O2. The van der Waals surface area contributed by atoms with Gasteiger partial charge in [0.1, 0.15) is 5.82 Å². The zero-order valence-corrected chi connectivity index (χ0v) is 12.9. The fraction of sp³-hybridized carbons (Fsp3) is 0.0588. The monoisotopic (exact) mass is 330 g/mol. The summed E-state index contributed by atoms with van der Waals surface area (Å²) in [6, 6.07) is 12.7. The van der Waals surface area contributed by atoms with Gasteiger partial charge >= 0.3 is 0 Å². The summed E-state index contributed by atoms with van der Waals surface area (Å²) in [5.41, 5.74) is 2.01. The quantitative estimate of drug-likeness (QED) is 0.757. The van der Waals surface area contributed by atoms with Crippen LogP contribution in [0.1, 0.15) is 16.1 Å². The van der Waals surface area contributed by atoms with Crippen molar-refractivity contribution in [1.29, 1.82) is 0 Å². The van der Waals surface area contributed by atoms with Crippen molar-refractivity contribution < 1.29 is 13.7 Å². The van der Waals surface area contributed by atoms with Crippen molar-refractivity contribution in [3.05, 3.63) is 70.6 Å². The Labute approximate surface area is 136 Å². The Morgan fingerprint density at radius 3 is 2.65 bits per heavy atom. The Kier molecular flexibility index (Phi) is 4.12. The molecule has 1 N–H and O–H groups in total. The minimum Gasteiger partial charge on any atom is -0.355 e. The van der Waals surface area contributed by atoms with E-state index in [1.165, 1.54) is 18.2 Å². The zero-order valence-electron chi connectivity index (χ0n) is 12.1. The molecule has 2 aromatic carbocycles. The van der Waals surface area contributed by atoms with Crippen LogP contribution in [-0.2, 0) is 0 Å². The Balaban J connectivity index is 1.81. The number of benzene rings is 2. The first kappa shape index (κ1) is 15.2. The second-order valence-electron chi connectivity index (χ2n) is 5.00. The number of anilines is 1. The second kappa shape index (κ2) is 6.22. The number of halogens is 2. The van der Waals surface area contributed by atoms with E-state index >= 15 is 0 Å². The van der Waals surface area contributed by atoms with Gasteiger partial charge in [-0.1, -0.05) is 22.8 Å². The topological polar surface area (TPSA) is 55.1 Å². The molecule has 3 aromatic rings. The summed E-state index contributed by atoms with van der Waals surface area (Å²) < 4.78 is 18.4. The molecule has 1 aromatic heterocycles. The molecule has 0 aliphatic carbocycles. The van der Waals surface area contributed by atoms with Crippen LogP contribution in [0.2, 0.25) is 5.02 Å². The molecule has 0 radical (unpaired) electrons. The average Bonchev–Trinajstić information content (AvgIpc) is 3.02. The van der Waals surface area contributed by atoms with Gasteiger partial charge in [-0.25, -0.2) is 4.39 Å². The summed E-state index contributed by atoms with van der Waals surface area (Å²) in [7, 11) is 0. The smallest absolute Gasteiger partial charge is 0.277 e. The van der Waals surface area contributed by atoms with Crippen molar-refractivity contribution in [3.63, 3.8) is 0 Å². The van der Waals surface area contributed by atoms with Crippen molar-refractivity contribution in [2.75, 3.05) is 5.32 Å². The van der Waals surface area contributed by atoms with Gasteiger partial charge in [-0.15, -0.1) is 0 Å². The van der Waals surface area contributed by atoms with Crippen molar-refractivity contribution >= 4 is 23.2 Å². The van der Waals surface area contributed by atoms with Gasteiger partial charge in [0.15, 0.2) is 11.5 Å². The van der Waals surface area contributed by atoms with Crippen LogP contribution in [0, 0.1) is 12.7 Å². The lowest BCUT2D eigenvalue weighted by Crippen LogP contribution is -2.13. The average molecular weight is 331 g/mol. The Hall–Kier alpha value is -2.66. The molecule has 1 heterocycles. The SMILES string of the molecule is Cc1ccc(F)cc1NC(=O)c1cc(-c2ccc(Cl)cc2)on1. The summed E-state index contributed by atoms with van der Waals surface area (Å²) in [5, 5.41) is 6.97. The van der Waals surface area contributed by atoms with Gasteiger partial charge in [0.05, 0.1) is 0 Å². The molecule has 23 heavy (non-hydrogen) atoms. The third-order valence-corrected chi connectivity index (χ3v) is 3.57. The molecule has 0 unspecified atom stereocenters. The number of aryl methyl sites for hydroxylation is 1. The van der Waals surface area contributed by atoms with E-state index in [9.17, 15) is 9.18 Å². The van der Waals surface area contributed by atoms with Gasteiger partial charge in [0.25, 0.3) is 5.91 Å². The van der Waals surface area contributed by atoms with E-state index in [1.54, 1.807) is 37.3 Å². The van der Waals surface area contributed by atoms with Crippen LogP contribution in [0.25, 0.3) is 11.3 Å². The van der Waals surface area contributed by atoms with Gasteiger partial charge in [0, 0.05) is 22.3 Å². The second-order valence-corrected chi connectivity index (χ2v) is 5.43. The fourth-order valence-corrected chi connectivity index (χ4v) is 2.17. The first-order valence-electron chi connectivity index (χ1n) is 6.83. The summed E-state index contributed by atoms with van der Waals surface area (Å²) in [6.07, 6.45) is 0. The summed E-state index contributed by atoms with van der Waals surface area (Å²) in [4.78, 5) is 12.2. The molecule has 116 valence electrons. The first-order chi connectivity index (χ1) is 11.0. The molecule has 6 heteroatoms. The van der Waals surface area contributed by atoms with Gasteiger partial charge in [0.2, 0.25) is 0 Å². The predicted octanol–water partition coefficient (Wildman–Crippen LogP) is 4.69. The van der Waals surface area contributed by atoms with Crippen LogP contribution in [-0.4, -0.2) is 11.1 Å². The molecule has 3 rings (SSSR count). The Morgan fingerprint density at radius 2 is 1.91 bits per heavy atom. The third kappa shape index (κ3) is 3.40. The summed E-state index contributed by atoms with van der Waals surface area (Å²) in [5.74, 6) is -0.446. The molecule has 0 saturated heterocycles. The molecule has 4 nitrogen and oxygen atoms in total. The summed E-state index contributed by atoms with van der Waals surface area (Å²) >= 11 is 5.83. The minimum absolute atomic E-state index is 0.110. The van der Waals surface area contributed by atoms with Gasteiger partial charge in [-0.05, 0) is 48.9 Å². The highest BCUT2D eigenvalue weighted by Gasteiger charge is 2.15. The molecule has 0 aliphatic heterocycles. The van der Waals surface area contributed by atoms with E-state index in [4.69, 9.17) is 16.1 Å². The number of amides is 1. The van der Waals surface area contributed by atoms with Crippen molar-refractivity contribution in [3.8, 4) is 11.3 Å². The van der Waals surface area contributed by atoms with Gasteiger partial charge in [-0.3, -0.25) is 4.79 Å². The van der Waals surface area contributed by atoms with Crippen LogP contribution in [0.5, 0.6) is 0 Å². The lowest BCUT2D eigenvalue weighted by Gasteiger charge is -2.06. The number of carbonyl (C=O) groups excluding carboxylic acids is 1. The third-order valence-electron chi connectivity index (χ3n) is 3.32. The molecule has 0 saturated carbocycles. The van der Waals surface area contributed by atoms with Crippen molar-refractivity contribution in [2.24, 2.45) is 0 Å². The molecule has 1 amide bonds. The molecule has 0 atom stereocenters. The largest absolute Gasteiger partial charge is 0.355 e. The number of nitrogens with one attached hydrogen (secondary N) is 1. The highest BCUT2D eigenvalue weighted by Crippen LogP contribution is 2.23. The van der Waals surface area contributed by atoms with Crippen LogP contribution in [0.15, 0.2) is 53.1 Å². The number of hydrogen-bond donors (Lipinski definition) is 1. The highest BCUT2D eigenvalue weighted by molar-refractivity contribution is 6.30. The Bertz CT molecular complexity index is 859. The van der Waals surface area contributed by atoms with Crippen molar-refractivity contribution in [2.45, 2.75) is 6.92 Å². The molecule has 0 fully saturated rings. The number of carbonyl (C=O) groups is 1. The maximum Gasteiger partial charge on any atom is 0.277 e. The lowest BCUT2D eigenvalue weighted by atomic mass is 10.1. The molecule has 0 bridgehead atoms. The van der Waals surface area contributed by atoms with Crippen LogP contribution < -0.4 is 5.32 Å². The van der Waals surface area contributed by atoms with Crippen molar-refractivity contribution in [1.82, 2.24) is 5.16 Å². The molecule has 0 aliphatic rings. The van der Waals surface area contributed by atoms with E-state index in [2.05, 4.69) is 10.5 Å². The van der Waals surface area contributed by atoms with E-state index < -0.39 is 11.7 Å². The molecular weight excluding hydrogens is 319 g/mol. The normalized spacial score (nSPS) is 10.6. The van der Waals surface area contributed by atoms with E-state index in [0.29, 0.717) is 16.5 Å². The lowest BCUT2D eigenvalue weighted by molar-refractivity contribution is 0.101. The fourth-order valence-electron chi connectivity index (χ4n) is 2.05. The van der Waals surface area contributed by atoms with E-state index in [1.807, 2.05) is 0 Å². The molecule has 0 spiro atoms. The number of aromatic nitrogens is 1. The van der Waals surface area contributed by atoms with E-state index in [-0.39, 0.29) is 5.69 Å².